The van der Waals surface area contributed by atoms with E-state index in [2.05, 4.69) is 34.6 Å². The zero-order valence-electron chi connectivity index (χ0n) is 13.6. The fraction of sp³-hybridized carbons (Fsp3) is 0.733. The zero-order valence-corrected chi connectivity index (χ0v) is 13.6. The molecule has 0 bridgehead atoms. The molecule has 0 aliphatic heterocycles. The van der Waals surface area contributed by atoms with Gasteiger partial charge in [0.25, 0.3) is 0 Å². The summed E-state index contributed by atoms with van der Waals surface area (Å²) in [6.45, 7) is 8.24. The van der Waals surface area contributed by atoms with Crippen molar-refractivity contribution in [2.24, 2.45) is 12.0 Å². The average molecular weight is 295 g/mol. The predicted molar refractivity (Wildman–Crippen MR) is 86.4 cm³/mol. The van der Waals surface area contributed by atoms with Crippen LogP contribution in [-0.4, -0.2) is 42.0 Å². The summed E-state index contributed by atoms with van der Waals surface area (Å²) in [6, 6.07) is 1.98. The molecule has 21 heavy (non-hydrogen) atoms. The number of nitrogens with zero attached hydrogens (tertiary/aromatic N) is 3. The summed E-state index contributed by atoms with van der Waals surface area (Å²) in [4.78, 5) is 4.56. The van der Waals surface area contributed by atoms with Gasteiger partial charge in [-0.2, -0.15) is 5.10 Å². The van der Waals surface area contributed by atoms with Gasteiger partial charge < -0.3 is 15.4 Å². The van der Waals surface area contributed by atoms with E-state index >= 15 is 0 Å². The van der Waals surface area contributed by atoms with Crippen LogP contribution in [0.1, 0.15) is 38.8 Å². The summed E-state index contributed by atoms with van der Waals surface area (Å²) in [5, 5.41) is 10.7. The first-order valence-corrected chi connectivity index (χ1v) is 7.84. The first-order chi connectivity index (χ1) is 10.3. The van der Waals surface area contributed by atoms with E-state index in [0.29, 0.717) is 6.54 Å². The summed E-state index contributed by atoms with van der Waals surface area (Å²) in [5.74, 6) is 0.840. The molecule has 6 nitrogen and oxygen atoms in total. The van der Waals surface area contributed by atoms with Crippen LogP contribution >= 0.6 is 0 Å². The maximum atomic E-state index is 5.54. The third-order valence-electron chi connectivity index (χ3n) is 3.07. The normalized spacial score (nSPS) is 11.7. The Morgan fingerprint density at radius 3 is 2.76 bits per heavy atom. The highest BCUT2D eigenvalue weighted by Crippen LogP contribution is 1.98. The number of aliphatic imine (C=N–C) groups is 1. The summed E-state index contributed by atoms with van der Waals surface area (Å²) in [5.41, 5.74) is 1.09. The van der Waals surface area contributed by atoms with Crippen molar-refractivity contribution in [3.8, 4) is 0 Å². The maximum absolute atomic E-state index is 5.54. The van der Waals surface area contributed by atoms with E-state index in [1.807, 2.05) is 17.8 Å². The van der Waals surface area contributed by atoms with Gasteiger partial charge in [0.05, 0.1) is 12.2 Å². The van der Waals surface area contributed by atoms with E-state index < -0.39 is 0 Å². The highest BCUT2D eigenvalue weighted by molar-refractivity contribution is 5.79. The third kappa shape index (κ3) is 7.70. The molecular weight excluding hydrogens is 266 g/mol. The van der Waals surface area contributed by atoms with Gasteiger partial charge in [-0.05, 0) is 25.8 Å². The number of rotatable bonds is 10. The Morgan fingerprint density at radius 1 is 1.29 bits per heavy atom. The molecule has 0 spiro atoms. The van der Waals surface area contributed by atoms with Crippen LogP contribution in [-0.2, 0) is 18.3 Å². The van der Waals surface area contributed by atoms with E-state index in [9.17, 15) is 0 Å². The molecule has 1 aromatic heterocycles. The van der Waals surface area contributed by atoms with Gasteiger partial charge in [-0.1, -0.05) is 13.3 Å². The molecule has 0 unspecified atom stereocenters. The van der Waals surface area contributed by atoms with Crippen molar-refractivity contribution >= 4 is 5.96 Å². The highest BCUT2D eigenvalue weighted by Gasteiger charge is 2.00. The molecule has 1 rings (SSSR count). The lowest BCUT2D eigenvalue weighted by Crippen LogP contribution is -2.38. The number of guanidine groups is 1. The lowest BCUT2D eigenvalue weighted by molar-refractivity contribution is 0.129. The van der Waals surface area contributed by atoms with Crippen LogP contribution in [0.3, 0.4) is 0 Å². The maximum Gasteiger partial charge on any atom is 0.191 e. The van der Waals surface area contributed by atoms with Gasteiger partial charge in [0, 0.05) is 39.5 Å². The molecule has 0 saturated heterocycles. The summed E-state index contributed by atoms with van der Waals surface area (Å²) >= 11 is 0. The van der Waals surface area contributed by atoms with E-state index in [0.717, 1.165) is 50.8 Å². The molecule has 0 aliphatic carbocycles. The molecule has 1 heterocycles. The van der Waals surface area contributed by atoms with E-state index in [1.54, 1.807) is 6.20 Å². The van der Waals surface area contributed by atoms with E-state index in [-0.39, 0.29) is 0 Å². The number of unbranched alkanes of at least 4 members (excludes halogenated alkanes) is 1. The van der Waals surface area contributed by atoms with Gasteiger partial charge in [0.15, 0.2) is 5.96 Å². The number of hydrogen-bond acceptors (Lipinski definition) is 3. The van der Waals surface area contributed by atoms with Crippen LogP contribution < -0.4 is 10.6 Å². The van der Waals surface area contributed by atoms with Crippen LogP contribution in [0.2, 0.25) is 0 Å². The summed E-state index contributed by atoms with van der Waals surface area (Å²) in [6.07, 6.45) is 5.10. The number of hydrogen-bond donors (Lipinski definition) is 2. The molecule has 120 valence electrons. The smallest absolute Gasteiger partial charge is 0.191 e. The number of ether oxygens (including phenoxy) is 1. The third-order valence-corrected chi connectivity index (χ3v) is 3.07. The van der Waals surface area contributed by atoms with Gasteiger partial charge in [-0.3, -0.25) is 4.68 Å². The van der Waals surface area contributed by atoms with Crippen LogP contribution in [0.5, 0.6) is 0 Å². The zero-order chi connectivity index (χ0) is 15.3. The minimum atomic E-state index is 0.624. The van der Waals surface area contributed by atoms with Crippen molar-refractivity contribution < 1.29 is 4.74 Å². The molecule has 0 fully saturated rings. The van der Waals surface area contributed by atoms with Gasteiger partial charge >= 0.3 is 0 Å². The quantitative estimate of drug-likeness (QED) is 0.392. The number of nitrogens with one attached hydrogen (secondary N) is 2. The van der Waals surface area contributed by atoms with Crippen molar-refractivity contribution in [2.45, 2.75) is 39.7 Å². The molecule has 0 aromatic carbocycles. The van der Waals surface area contributed by atoms with Crippen LogP contribution in [0.25, 0.3) is 0 Å². The number of aryl methyl sites for hydroxylation is 1. The van der Waals surface area contributed by atoms with Crippen molar-refractivity contribution in [2.75, 3.05) is 26.3 Å². The Kier molecular flexibility index (Phi) is 9.28. The molecule has 6 heteroatoms. The Hall–Kier alpha value is -1.56. The van der Waals surface area contributed by atoms with Crippen LogP contribution in [0.15, 0.2) is 17.3 Å². The van der Waals surface area contributed by atoms with Crippen molar-refractivity contribution in [3.05, 3.63) is 18.0 Å². The standard InChI is InChI=1S/C15H29N5O/c1-4-6-11-21-12-7-9-17-15(16-5-2)18-13-14-8-10-19-20(14)3/h8,10H,4-7,9,11-13H2,1-3H3,(H2,16,17,18). The van der Waals surface area contributed by atoms with Gasteiger partial charge in [-0.15, -0.1) is 0 Å². The second-order valence-corrected chi connectivity index (χ2v) is 4.89. The SMILES string of the molecule is CCCCOCCCNC(=NCc1ccnn1C)NCC. The van der Waals surface area contributed by atoms with Gasteiger partial charge in [0.1, 0.15) is 0 Å². The van der Waals surface area contributed by atoms with Crippen LogP contribution in [0, 0.1) is 0 Å². The highest BCUT2D eigenvalue weighted by atomic mass is 16.5. The van der Waals surface area contributed by atoms with Gasteiger partial charge in [0.2, 0.25) is 0 Å². The average Bonchev–Trinajstić information content (AvgIpc) is 2.89. The van der Waals surface area contributed by atoms with Crippen molar-refractivity contribution in [1.29, 1.82) is 0 Å². The minimum Gasteiger partial charge on any atom is -0.381 e. The first kappa shape index (κ1) is 17.5. The van der Waals surface area contributed by atoms with Gasteiger partial charge in [-0.25, -0.2) is 4.99 Å². The summed E-state index contributed by atoms with van der Waals surface area (Å²) < 4.78 is 7.38. The lowest BCUT2D eigenvalue weighted by Gasteiger charge is -2.11. The molecule has 1 aromatic rings. The first-order valence-electron chi connectivity index (χ1n) is 7.84. The Bertz CT molecular complexity index is 403. The van der Waals surface area contributed by atoms with E-state index in [4.69, 9.17) is 4.74 Å². The number of aromatic nitrogens is 2. The topological polar surface area (TPSA) is 63.5 Å². The molecule has 0 atom stereocenters. The Morgan fingerprint density at radius 2 is 2.10 bits per heavy atom. The molecule has 0 aliphatic rings. The Labute approximate surface area is 128 Å². The predicted octanol–water partition coefficient (Wildman–Crippen LogP) is 1.68. The molecule has 2 N–H and O–H groups in total. The second-order valence-electron chi connectivity index (χ2n) is 4.89. The Balaban J connectivity index is 2.24. The monoisotopic (exact) mass is 295 g/mol. The molecular formula is C15H29N5O. The van der Waals surface area contributed by atoms with Crippen molar-refractivity contribution in [3.63, 3.8) is 0 Å². The fourth-order valence-corrected chi connectivity index (χ4v) is 1.79. The fourth-order valence-electron chi connectivity index (χ4n) is 1.79. The lowest BCUT2D eigenvalue weighted by atomic mass is 10.4. The molecule has 0 radical (unpaired) electrons. The second kappa shape index (κ2) is 11.1. The molecule has 0 saturated carbocycles. The minimum absolute atomic E-state index is 0.624. The molecule has 0 amide bonds. The summed E-state index contributed by atoms with van der Waals surface area (Å²) in [7, 11) is 1.93. The van der Waals surface area contributed by atoms with Crippen molar-refractivity contribution in [1.82, 2.24) is 20.4 Å². The largest absolute Gasteiger partial charge is 0.381 e. The van der Waals surface area contributed by atoms with E-state index in [1.165, 1.54) is 6.42 Å². The van der Waals surface area contributed by atoms with Crippen LogP contribution in [0.4, 0.5) is 0 Å².